The maximum Gasteiger partial charge on any atom is 0.0991 e. The van der Waals surface area contributed by atoms with Crippen LogP contribution in [0.25, 0.3) is 0 Å². The second kappa shape index (κ2) is 12.9. The summed E-state index contributed by atoms with van der Waals surface area (Å²) in [5, 5.41) is 8.97. The van der Waals surface area contributed by atoms with Crippen LogP contribution in [0.1, 0.15) is 107 Å². The molecule has 1 aromatic rings. The Kier molecular flexibility index (Phi) is 9.94. The van der Waals surface area contributed by atoms with E-state index in [9.17, 15) is 4.39 Å². The average Bonchev–Trinajstić information content (AvgIpc) is 2.81. The zero-order valence-electron chi connectivity index (χ0n) is 18.7. The number of benzene rings is 1. The zero-order chi connectivity index (χ0) is 21.0. The quantitative estimate of drug-likeness (QED) is 0.281. The Morgan fingerprint density at radius 3 is 2.00 bits per heavy atom. The zero-order valence-corrected chi connectivity index (χ0v) is 18.7. The summed E-state index contributed by atoms with van der Waals surface area (Å²) in [5.41, 5.74) is 2.20. The standard InChI is InChI=1S/C28H40FN/c29-21-5-3-1-2-4-6-23-7-9-24(10-8-23)11-12-25-13-17-27(18-14-25)28-19-15-26(22-30)16-20-28/h2,4,15-16,19-20,23-25,27H,1,3,5-14,17-18,21H2/b4-2+. The molecule has 2 fully saturated rings. The summed E-state index contributed by atoms with van der Waals surface area (Å²) in [6.45, 7) is -0.170. The fourth-order valence-electron chi connectivity index (χ4n) is 5.60. The molecule has 0 N–H and O–H groups in total. The van der Waals surface area contributed by atoms with Crippen molar-refractivity contribution < 1.29 is 4.39 Å². The van der Waals surface area contributed by atoms with E-state index in [1.54, 1.807) is 0 Å². The molecule has 0 bridgehead atoms. The maximum atomic E-state index is 12.1. The first kappa shape index (κ1) is 23.1. The van der Waals surface area contributed by atoms with Gasteiger partial charge in [0.2, 0.25) is 0 Å². The molecule has 30 heavy (non-hydrogen) atoms. The van der Waals surface area contributed by atoms with Gasteiger partial charge in [-0.15, -0.1) is 0 Å². The van der Waals surface area contributed by atoms with Gasteiger partial charge in [0.05, 0.1) is 18.3 Å². The molecule has 0 amide bonds. The van der Waals surface area contributed by atoms with Gasteiger partial charge < -0.3 is 0 Å². The van der Waals surface area contributed by atoms with E-state index in [1.807, 2.05) is 12.1 Å². The first-order chi connectivity index (χ1) is 14.8. The summed E-state index contributed by atoms with van der Waals surface area (Å²) in [6, 6.07) is 10.5. The highest BCUT2D eigenvalue weighted by Crippen LogP contribution is 2.40. The van der Waals surface area contributed by atoms with Gasteiger partial charge in [-0.1, -0.05) is 50.0 Å². The lowest BCUT2D eigenvalue weighted by Crippen LogP contribution is -2.17. The van der Waals surface area contributed by atoms with Crippen LogP contribution in [0.5, 0.6) is 0 Å². The predicted octanol–water partition coefficient (Wildman–Crippen LogP) is 8.50. The lowest BCUT2D eigenvalue weighted by atomic mass is 9.74. The molecule has 2 heteroatoms. The van der Waals surface area contributed by atoms with Crippen molar-refractivity contribution in [1.29, 1.82) is 5.26 Å². The summed E-state index contributed by atoms with van der Waals surface area (Å²) in [4.78, 5) is 0. The molecule has 0 aromatic heterocycles. The van der Waals surface area contributed by atoms with Crippen molar-refractivity contribution in [2.75, 3.05) is 6.67 Å². The molecule has 0 atom stereocenters. The number of alkyl halides is 1. The van der Waals surface area contributed by atoms with E-state index in [1.165, 1.54) is 76.2 Å². The Morgan fingerprint density at radius 2 is 1.40 bits per heavy atom. The number of nitriles is 1. The number of unbranched alkanes of at least 4 members (excludes halogenated alkanes) is 2. The van der Waals surface area contributed by atoms with Crippen molar-refractivity contribution in [3.05, 3.63) is 47.5 Å². The minimum atomic E-state index is -0.170. The van der Waals surface area contributed by atoms with E-state index in [2.05, 4.69) is 30.4 Å². The van der Waals surface area contributed by atoms with Crippen molar-refractivity contribution >= 4 is 0 Å². The van der Waals surface area contributed by atoms with Gasteiger partial charge in [-0.25, -0.2) is 0 Å². The van der Waals surface area contributed by atoms with E-state index in [4.69, 9.17) is 5.26 Å². The van der Waals surface area contributed by atoms with Gasteiger partial charge in [0.25, 0.3) is 0 Å². The number of nitrogens with zero attached hydrogens (tertiary/aromatic N) is 1. The molecule has 3 rings (SSSR count). The van der Waals surface area contributed by atoms with Gasteiger partial charge in [0.1, 0.15) is 0 Å². The third-order valence-electron chi connectivity index (χ3n) is 7.70. The largest absolute Gasteiger partial charge is 0.251 e. The molecule has 2 aliphatic carbocycles. The van der Waals surface area contributed by atoms with E-state index in [0.717, 1.165) is 36.2 Å². The Labute approximate surface area is 183 Å². The van der Waals surface area contributed by atoms with Crippen molar-refractivity contribution in [2.24, 2.45) is 17.8 Å². The lowest BCUT2D eigenvalue weighted by molar-refractivity contribution is 0.231. The summed E-state index contributed by atoms with van der Waals surface area (Å²) in [6.07, 6.45) is 22.6. The second-order valence-corrected chi connectivity index (χ2v) is 9.81. The van der Waals surface area contributed by atoms with Crippen LogP contribution in [0.15, 0.2) is 36.4 Å². The summed E-state index contributed by atoms with van der Waals surface area (Å²) >= 11 is 0. The Hall–Kier alpha value is -1.62. The molecular weight excluding hydrogens is 369 g/mol. The Morgan fingerprint density at radius 1 is 0.800 bits per heavy atom. The highest BCUT2D eigenvalue weighted by atomic mass is 19.1. The van der Waals surface area contributed by atoms with Crippen LogP contribution >= 0.6 is 0 Å². The number of hydrogen-bond acceptors (Lipinski definition) is 1. The summed E-state index contributed by atoms with van der Waals surface area (Å²) in [5.74, 6) is 3.49. The molecule has 0 radical (unpaired) electrons. The van der Waals surface area contributed by atoms with Crippen LogP contribution in [0.4, 0.5) is 4.39 Å². The topological polar surface area (TPSA) is 23.8 Å². The maximum absolute atomic E-state index is 12.1. The summed E-state index contributed by atoms with van der Waals surface area (Å²) in [7, 11) is 0. The minimum absolute atomic E-state index is 0.170. The predicted molar refractivity (Wildman–Crippen MR) is 124 cm³/mol. The SMILES string of the molecule is N#Cc1ccc(C2CCC(CCC3CCC(C/C=C/CCCCF)CC3)CC2)cc1. The van der Waals surface area contributed by atoms with Crippen molar-refractivity contribution in [3.8, 4) is 6.07 Å². The number of hydrogen-bond donors (Lipinski definition) is 0. The highest BCUT2D eigenvalue weighted by Gasteiger charge is 2.25. The van der Waals surface area contributed by atoms with Crippen LogP contribution in [0.3, 0.4) is 0 Å². The second-order valence-electron chi connectivity index (χ2n) is 9.81. The number of rotatable bonds is 10. The molecule has 164 valence electrons. The monoisotopic (exact) mass is 409 g/mol. The minimum Gasteiger partial charge on any atom is -0.251 e. The van der Waals surface area contributed by atoms with E-state index in [0.29, 0.717) is 12.3 Å². The molecule has 0 saturated heterocycles. The van der Waals surface area contributed by atoms with Crippen molar-refractivity contribution in [3.63, 3.8) is 0 Å². The molecule has 0 aliphatic heterocycles. The van der Waals surface area contributed by atoms with Crippen LogP contribution in [0, 0.1) is 29.1 Å². The molecule has 0 unspecified atom stereocenters. The Bertz CT molecular complexity index is 655. The van der Waals surface area contributed by atoms with Crippen molar-refractivity contribution in [1.82, 2.24) is 0 Å². The highest BCUT2D eigenvalue weighted by molar-refractivity contribution is 5.33. The molecule has 1 aromatic carbocycles. The van der Waals surface area contributed by atoms with Gasteiger partial charge in [0, 0.05) is 0 Å². The molecular formula is C28H40FN. The smallest absolute Gasteiger partial charge is 0.0991 e. The third-order valence-corrected chi connectivity index (χ3v) is 7.70. The number of halogens is 1. The van der Waals surface area contributed by atoms with E-state index >= 15 is 0 Å². The molecule has 2 saturated carbocycles. The van der Waals surface area contributed by atoms with Crippen LogP contribution < -0.4 is 0 Å². The Balaban J connectivity index is 1.27. The number of allylic oxidation sites excluding steroid dienone is 2. The van der Waals surface area contributed by atoms with Crippen LogP contribution in [-0.2, 0) is 0 Å². The fourth-order valence-corrected chi connectivity index (χ4v) is 5.60. The van der Waals surface area contributed by atoms with Crippen molar-refractivity contribution in [2.45, 2.75) is 95.8 Å². The average molecular weight is 410 g/mol. The van der Waals surface area contributed by atoms with E-state index < -0.39 is 0 Å². The molecule has 0 spiro atoms. The van der Waals surface area contributed by atoms with Gasteiger partial charge >= 0.3 is 0 Å². The normalized spacial score (nSPS) is 27.2. The van der Waals surface area contributed by atoms with Gasteiger partial charge in [-0.2, -0.15) is 5.26 Å². The van der Waals surface area contributed by atoms with Gasteiger partial charge in [0.15, 0.2) is 0 Å². The first-order valence-electron chi connectivity index (χ1n) is 12.5. The molecule has 0 heterocycles. The summed E-state index contributed by atoms with van der Waals surface area (Å²) < 4.78 is 12.1. The molecule has 1 nitrogen and oxygen atoms in total. The fraction of sp³-hybridized carbons (Fsp3) is 0.679. The lowest BCUT2D eigenvalue weighted by Gasteiger charge is -2.32. The van der Waals surface area contributed by atoms with Gasteiger partial charge in [-0.3, -0.25) is 4.39 Å². The van der Waals surface area contributed by atoms with Crippen LogP contribution in [-0.4, -0.2) is 6.67 Å². The van der Waals surface area contributed by atoms with Gasteiger partial charge in [-0.05, 0) is 106 Å². The van der Waals surface area contributed by atoms with Crippen LogP contribution in [0.2, 0.25) is 0 Å². The third kappa shape index (κ3) is 7.57. The first-order valence-corrected chi connectivity index (χ1v) is 12.5. The van der Waals surface area contributed by atoms with E-state index in [-0.39, 0.29) is 6.67 Å². The molecule has 2 aliphatic rings.